The van der Waals surface area contributed by atoms with Crippen LogP contribution < -0.4 is 5.56 Å². The van der Waals surface area contributed by atoms with Gasteiger partial charge in [-0.3, -0.25) is 9.69 Å². The standard InChI is InChI=1S/C28H34N6O2/c1-3-25(27-30-31-32-34(27)15-14-21-10-5-4-6-11-21)33(19-24-13-8-16-36-24)18-23-17-22-12-7-9-20(2)26(22)29-28(23)35/h4-7,9-12,17,24-25H,3,8,13-16,18-19H2,1-2H3,(H,29,35)/t24-,25-/m0/s1. The molecule has 2 aromatic heterocycles. The van der Waals surface area contributed by atoms with Gasteiger partial charge in [-0.2, -0.15) is 0 Å². The maximum atomic E-state index is 13.1. The Morgan fingerprint density at radius 2 is 2.06 bits per heavy atom. The molecular weight excluding hydrogens is 452 g/mol. The smallest absolute Gasteiger partial charge is 0.252 e. The molecule has 2 atom stereocenters. The van der Waals surface area contributed by atoms with E-state index in [-0.39, 0.29) is 17.7 Å². The summed E-state index contributed by atoms with van der Waals surface area (Å²) in [6, 6.07) is 18.5. The lowest BCUT2D eigenvalue weighted by molar-refractivity contribution is 0.0488. The lowest BCUT2D eigenvalue weighted by Crippen LogP contribution is -2.37. The van der Waals surface area contributed by atoms with Crippen molar-refractivity contribution in [1.29, 1.82) is 0 Å². The summed E-state index contributed by atoms with van der Waals surface area (Å²) in [6.07, 6.45) is 3.92. The van der Waals surface area contributed by atoms with Crippen LogP contribution in [-0.4, -0.2) is 49.3 Å². The zero-order chi connectivity index (χ0) is 24.9. The number of H-pyrrole nitrogens is 1. The zero-order valence-corrected chi connectivity index (χ0v) is 21.1. The summed E-state index contributed by atoms with van der Waals surface area (Å²) in [5.74, 6) is 0.833. The predicted octanol–water partition coefficient (Wildman–Crippen LogP) is 4.20. The van der Waals surface area contributed by atoms with Gasteiger partial charge in [0, 0.05) is 31.8 Å². The maximum Gasteiger partial charge on any atom is 0.252 e. The van der Waals surface area contributed by atoms with Crippen molar-refractivity contribution < 1.29 is 4.74 Å². The van der Waals surface area contributed by atoms with E-state index in [2.05, 4.69) is 56.6 Å². The molecule has 5 rings (SSSR count). The third-order valence-corrected chi connectivity index (χ3v) is 7.14. The summed E-state index contributed by atoms with van der Waals surface area (Å²) in [7, 11) is 0. The number of fused-ring (bicyclic) bond motifs is 1. The van der Waals surface area contributed by atoms with Crippen molar-refractivity contribution in [3.8, 4) is 0 Å². The Hall–Kier alpha value is -3.36. The van der Waals surface area contributed by atoms with Crippen LogP contribution in [0.25, 0.3) is 10.9 Å². The number of aromatic amines is 1. The normalized spacial score (nSPS) is 16.7. The maximum absolute atomic E-state index is 13.1. The number of hydrogen-bond acceptors (Lipinski definition) is 6. The topological polar surface area (TPSA) is 88.9 Å². The van der Waals surface area contributed by atoms with Crippen molar-refractivity contribution in [2.75, 3.05) is 13.2 Å². The van der Waals surface area contributed by atoms with Crippen LogP contribution in [0.4, 0.5) is 0 Å². The van der Waals surface area contributed by atoms with Gasteiger partial charge in [0.15, 0.2) is 5.82 Å². The van der Waals surface area contributed by atoms with Gasteiger partial charge in [-0.05, 0) is 65.6 Å². The molecule has 1 aliphatic rings. The number of aromatic nitrogens is 5. The number of pyridine rings is 1. The van der Waals surface area contributed by atoms with Crippen molar-refractivity contribution in [2.45, 2.75) is 64.8 Å². The van der Waals surface area contributed by atoms with E-state index in [1.165, 1.54) is 5.56 Å². The molecule has 1 aliphatic heterocycles. The molecule has 8 heteroatoms. The molecule has 1 saturated heterocycles. The number of tetrazole rings is 1. The van der Waals surface area contributed by atoms with Crippen LogP contribution in [0.1, 0.15) is 54.7 Å². The lowest BCUT2D eigenvalue weighted by Gasteiger charge is -2.32. The number of nitrogens with one attached hydrogen (secondary N) is 1. The summed E-state index contributed by atoms with van der Waals surface area (Å²) in [5.41, 5.74) is 3.91. The molecule has 3 heterocycles. The Bertz CT molecular complexity index is 1340. The van der Waals surface area contributed by atoms with Crippen LogP contribution in [0, 0.1) is 6.92 Å². The molecule has 1 N–H and O–H groups in total. The number of hydrogen-bond donors (Lipinski definition) is 1. The lowest BCUT2D eigenvalue weighted by atomic mass is 10.1. The van der Waals surface area contributed by atoms with Crippen molar-refractivity contribution >= 4 is 10.9 Å². The second kappa shape index (κ2) is 11.1. The fourth-order valence-corrected chi connectivity index (χ4v) is 5.21. The second-order valence-electron chi connectivity index (χ2n) is 9.65. The Labute approximate surface area is 211 Å². The quantitative estimate of drug-likeness (QED) is 0.361. The number of rotatable bonds is 10. The molecule has 188 valence electrons. The van der Waals surface area contributed by atoms with E-state index >= 15 is 0 Å². The van der Waals surface area contributed by atoms with Gasteiger partial charge in [0.25, 0.3) is 5.56 Å². The first-order valence-electron chi connectivity index (χ1n) is 12.9. The highest BCUT2D eigenvalue weighted by molar-refractivity contribution is 5.81. The molecule has 8 nitrogen and oxygen atoms in total. The highest BCUT2D eigenvalue weighted by Gasteiger charge is 2.29. The van der Waals surface area contributed by atoms with Crippen LogP contribution in [0.2, 0.25) is 0 Å². The molecule has 36 heavy (non-hydrogen) atoms. The number of nitrogens with zero attached hydrogens (tertiary/aromatic N) is 5. The van der Waals surface area contributed by atoms with Gasteiger partial charge >= 0.3 is 0 Å². The molecule has 0 bridgehead atoms. The molecule has 0 spiro atoms. The molecule has 0 amide bonds. The van der Waals surface area contributed by atoms with E-state index in [0.29, 0.717) is 13.1 Å². The molecule has 0 unspecified atom stereocenters. The van der Waals surface area contributed by atoms with Crippen molar-refractivity contribution in [3.05, 3.63) is 87.5 Å². The summed E-state index contributed by atoms with van der Waals surface area (Å²) >= 11 is 0. The Morgan fingerprint density at radius 1 is 1.19 bits per heavy atom. The van der Waals surface area contributed by atoms with E-state index in [1.54, 1.807) is 0 Å². The van der Waals surface area contributed by atoms with E-state index in [9.17, 15) is 4.79 Å². The fourth-order valence-electron chi connectivity index (χ4n) is 5.21. The Morgan fingerprint density at radius 3 is 2.83 bits per heavy atom. The minimum absolute atomic E-state index is 0.0346. The van der Waals surface area contributed by atoms with Crippen LogP contribution in [0.15, 0.2) is 59.4 Å². The predicted molar refractivity (Wildman–Crippen MR) is 140 cm³/mol. The Kier molecular flexibility index (Phi) is 7.53. The zero-order valence-electron chi connectivity index (χ0n) is 21.1. The van der Waals surface area contributed by atoms with Gasteiger partial charge in [0.05, 0.1) is 17.7 Å². The van der Waals surface area contributed by atoms with Crippen molar-refractivity contribution in [3.63, 3.8) is 0 Å². The highest BCUT2D eigenvalue weighted by atomic mass is 16.5. The van der Waals surface area contributed by atoms with Gasteiger partial charge in [0.1, 0.15) is 0 Å². The summed E-state index contributed by atoms with van der Waals surface area (Å²) < 4.78 is 7.91. The number of aryl methyl sites for hydroxylation is 3. The van der Waals surface area contributed by atoms with Crippen LogP contribution in [0.3, 0.4) is 0 Å². The van der Waals surface area contributed by atoms with Gasteiger partial charge in [-0.25, -0.2) is 4.68 Å². The van der Waals surface area contributed by atoms with E-state index < -0.39 is 0 Å². The summed E-state index contributed by atoms with van der Waals surface area (Å²) in [6.45, 7) is 6.90. The fraction of sp³-hybridized carbons (Fsp3) is 0.429. The second-order valence-corrected chi connectivity index (χ2v) is 9.65. The van der Waals surface area contributed by atoms with E-state index in [1.807, 2.05) is 41.9 Å². The highest BCUT2D eigenvalue weighted by Crippen LogP contribution is 2.27. The molecule has 0 saturated carbocycles. The van der Waals surface area contributed by atoms with Gasteiger partial charge in [-0.1, -0.05) is 55.5 Å². The molecule has 0 radical (unpaired) electrons. The molecule has 2 aromatic carbocycles. The van der Waals surface area contributed by atoms with E-state index in [0.717, 1.165) is 66.7 Å². The van der Waals surface area contributed by atoms with Gasteiger partial charge in [0.2, 0.25) is 0 Å². The van der Waals surface area contributed by atoms with Crippen molar-refractivity contribution in [1.82, 2.24) is 30.1 Å². The number of benzene rings is 2. The van der Waals surface area contributed by atoms with Gasteiger partial charge < -0.3 is 9.72 Å². The van der Waals surface area contributed by atoms with E-state index in [4.69, 9.17) is 4.74 Å². The third-order valence-electron chi connectivity index (χ3n) is 7.14. The summed E-state index contributed by atoms with van der Waals surface area (Å²) in [5, 5.41) is 13.8. The Balaban J connectivity index is 1.44. The minimum atomic E-state index is -0.0485. The average Bonchev–Trinajstić information content (AvgIpc) is 3.57. The minimum Gasteiger partial charge on any atom is -0.377 e. The van der Waals surface area contributed by atoms with Gasteiger partial charge in [-0.15, -0.1) is 5.10 Å². The van der Waals surface area contributed by atoms with Crippen LogP contribution in [-0.2, 0) is 24.2 Å². The first-order valence-corrected chi connectivity index (χ1v) is 12.9. The molecule has 4 aromatic rings. The first-order chi connectivity index (χ1) is 17.6. The SMILES string of the molecule is CC[C@@H](c1nnnn1CCc1ccccc1)N(Cc1cc2cccc(C)c2[nH]c1=O)C[C@@H]1CCCO1. The first kappa shape index (κ1) is 24.3. The summed E-state index contributed by atoms with van der Waals surface area (Å²) in [4.78, 5) is 18.6. The molecule has 1 fully saturated rings. The monoisotopic (exact) mass is 486 g/mol. The average molecular weight is 487 g/mol. The van der Waals surface area contributed by atoms with Crippen LogP contribution in [0.5, 0.6) is 0 Å². The largest absolute Gasteiger partial charge is 0.377 e. The number of ether oxygens (including phenoxy) is 1. The number of para-hydroxylation sites is 1. The molecular formula is C28H34N6O2. The van der Waals surface area contributed by atoms with Crippen molar-refractivity contribution in [2.24, 2.45) is 0 Å². The van der Waals surface area contributed by atoms with Crippen LogP contribution >= 0.6 is 0 Å². The third kappa shape index (κ3) is 5.39. The molecule has 0 aliphatic carbocycles.